The molecule has 0 aromatic heterocycles. The van der Waals surface area contributed by atoms with E-state index >= 15 is 0 Å². The van der Waals surface area contributed by atoms with Crippen LogP contribution in [0.5, 0.6) is 0 Å². The minimum Gasteiger partial charge on any atom is -0.459 e. The van der Waals surface area contributed by atoms with Crippen LogP contribution in [0.4, 0.5) is 8.78 Å². The van der Waals surface area contributed by atoms with Crippen LogP contribution in [-0.4, -0.2) is 63.1 Å². The Kier molecular flexibility index (Phi) is 8.20. The zero-order valence-corrected chi connectivity index (χ0v) is 17.1. The van der Waals surface area contributed by atoms with Gasteiger partial charge in [-0.15, -0.1) is 0 Å². The van der Waals surface area contributed by atoms with Gasteiger partial charge in [-0.1, -0.05) is 36.4 Å². The van der Waals surface area contributed by atoms with Crippen LogP contribution in [0.15, 0.2) is 60.7 Å². The van der Waals surface area contributed by atoms with Gasteiger partial charge in [0.2, 0.25) is 0 Å². The molecule has 31 heavy (non-hydrogen) atoms. The molecule has 2 aromatic rings. The summed E-state index contributed by atoms with van der Waals surface area (Å²) in [4.78, 5) is 24.2. The molecule has 11 heteroatoms. The van der Waals surface area contributed by atoms with Crippen LogP contribution in [0.3, 0.4) is 0 Å². The molecule has 168 valence electrons. The molecule has 0 unspecified atom stereocenters. The van der Waals surface area contributed by atoms with Gasteiger partial charge >= 0.3 is 17.9 Å². The number of halogens is 2. The van der Waals surface area contributed by atoms with Crippen molar-refractivity contribution >= 4 is 22.1 Å². The van der Waals surface area contributed by atoms with E-state index in [-0.39, 0.29) is 11.1 Å². The normalized spacial score (nSPS) is 13.8. The fourth-order valence-electron chi connectivity index (χ4n) is 2.38. The summed E-state index contributed by atoms with van der Waals surface area (Å²) in [5.74, 6) is -6.23. The van der Waals surface area contributed by atoms with Gasteiger partial charge in [0.05, 0.1) is 17.4 Å². The van der Waals surface area contributed by atoms with E-state index in [0.29, 0.717) is 6.26 Å². The van der Waals surface area contributed by atoms with Crippen LogP contribution < -0.4 is 0 Å². The third-order valence-corrected chi connectivity index (χ3v) is 4.42. The van der Waals surface area contributed by atoms with Gasteiger partial charge in [0.15, 0.2) is 6.10 Å². The van der Waals surface area contributed by atoms with E-state index < -0.39 is 53.4 Å². The van der Waals surface area contributed by atoms with Gasteiger partial charge in [-0.2, -0.15) is 17.2 Å². The van der Waals surface area contributed by atoms with Crippen LogP contribution >= 0.6 is 0 Å². The standard InChI is InChI=1S/C20H20F2O8S/c1-31(26,27)29-13-20(21,22)17(30-19(25)15-10-6-3-7-11-15)16(23)12-28-18(24)14-8-4-2-5-9-14/h2-11,16-17,23H,12-13H2,1H3/t16-,17-/m1/s1. The van der Waals surface area contributed by atoms with Crippen LogP contribution in [0.2, 0.25) is 0 Å². The predicted octanol–water partition coefficient (Wildman–Crippen LogP) is 2.04. The third-order valence-electron chi connectivity index (χ3n) is 3.87. The molecule has 0 saturated heterocycles. The molecule has 0 aliphatic rings. The second kappa shape index (κ2) is 10.4. The molecular formula is C20H20F2O8S. The maximum absolute atomic E-state index is 14.6. The number of ether oxygens (including phenoxy) is 2. The maximum Gasteiger partial charge on any atom is 0.338 e. The van der Waals surface area contributed by atoms with Crippen molar-refractivity contribution in [2.45, 2.75) is 18.1 Å². The minimum atomic E-state index is -4.25. The van der Waals surface area contributed by atoms with Gasteiger partial charge in [0.1, 0.15) is 19.3 Å². The molecular weight excluding hydrogens is 438 g/mol. The first-order valence-electron chi connectivity index (χ1n) is 8.88. The number of aliphatic hydroxyl groups excluding tert-OH is 1. The topological polar surface area (TPSA) is 116 Å². The van der Waals surface area contributed by atoms with Crippen molar-refractivity contribution in [2.75, 3.05) is 19.5 Å². The number of hydrogen-bond acceptors (Lipinski definition) is 8. The first kappa shape index (κ1) is 24.4. The molecule has 0 spiro atoms. The van der Waals surface area contributed by atoms with Gasteiger partial charge in [-0.3, -0.25) is 4.18 Å². The van der Waals surface area contributed by atoms with Gasteiger partial charge in [-0.25, -0.2) is 9.59 Å². The van der Waals surface area contributed by atoms with Gasteiger partial charge in [0.25, 0.3) is 10.1 Å². The SMILES string of the molecule is CS(=O)(=O)OCC(F)(F)[C@H](OC(=O)c1ccccc1)[C@H](O)COC(=O)c1ccccc1. The molecule has 0 amide bonds. The summed E-state index contributed by atoms with van der Waals surface area (Å²) in [6.45, 7) is -2.64. The fourth-order valence-corrected chi connectivity index (χ4v) is 2.75. The second-order valence-electron chi connectivity index (χ2n) is 6.45. The number of alkyl halides is 2. The molecule has 0 fully saturated rings. The Morgan fingerprint density at radius 3 is 1.94 bits per heavy atom. The number of carbonyl (C=O) groups excluding carboxylic acids is 2. The zero-order chi connectivity index (χ0) is 23.1. The predicted molar refractivity (Wildman–Crippen MR) is 104 cm³/mol. The highest BCUT2D eigenvalue weighted by atomic mass is 32.2. The second-order valence-corrected chi connectivity index (χ2v) is 8.10. The Hall–Kier alpha value is -2.89. The number of carbonyl (C=O) groups is 2. The molecule has 0 heterocycles. The summed E-state index contributed by atoms with van der Waals surface area (Å²) >= 11 is 0. The molecule has 1 N–H and O–H groups in total. The molecule has 8 nitrogen and oxygen atoms in total. The lowest BCUT2D eigenvalue weighted by Gasteiger charge is -2.29. The summed E-state index contributed by atoms with van der Waals surface area (Å²) < 4.78 is 65.1. The Labute approximate surface area is 177 Å². The summed E-state index contributed by atoms with van der Waals surface area (Å²) in [6.07, 6.45) is -4.18. The van der Waals surface area contributed by atoms with Gasteiger partial charge in [-0.05, 0) is 24.3 Å². The van der Waals surface area contributed by atoms with Crippen molar-refractivity contribution in [3.05, 3.63) is 71.8 Å². The lowest BCUT2D eigenvalue weighted by atomic mass is 10.1. The smallest absolute Gasteiger partial charge is 0.338 e. The monoisotopic (exact) mass is 458 g/mol. The quantitative estimate of drug-likeness (QED) is 0.425. The third kappa shape index (κ3) is 7.70. The molecule has 2 atom stereocenters. The fraction of sp³-hybridized carbons (Fsp3) is 0.300. The number of benzene rings is 2. The van der Waals surface area contributed by atoms with E-state index in [1.165, 1.54) is 36.4 Å². The van der Waals surface area contributed by atoms with Gasteiger partial charge in [0, 0.05) is 0 Å². The van der Waals surface area contributed by atoms with Crippen molar-refractivity contribution in [3.8, 4) is 0 Å². The molecule has 0 bridgehead atoms. The Balaban J connectivity index is 2.16. The molecule has 0 saturated carbocycles. The molecule has 0 aliphatic carbocycles. The van der Waals surface area contributed by atoms with Crippen LogP contribution in [-0.2, 0) is 23.8 Å². The van der Waals surface area contributed by atoms with E-state index in [4.69, 9.17) is 9.47 Å². The minimum absolute atomic E-state index is 0.0826. The Morgan fingerprint density at radius 1 is 0.968 bits per heavy atom. The summed E-state index contributed by atoms with van der Waals surface area (Å²) in [5.41, 5.74) is 0.0283. The van der Waals surface area contributed by atoms with Crippen LogP contribution in [0, 0.1) is 0 Å². The van der Waals surface area contributed by atoms with Crippen LogP contribution in [0.25, 0.3) is 0 Å². The van der Waals surface area contributed by atoms with Crippen molar-refractivity contribution < 1.29 is 45.6 Å². The Bertz CT molecular complexity index is 981. The molecule has 0 aliphatic heterocycles. The number of rotatable bonds is 10. The lowest BCUT2D eigenvalue weighted by Crippen LogP contribution is -2.50. The first-order valence-corrected chi connectivity index (χ1v) is 10.7. The van der Waals surface area contributed by atoms with E-state index in [2.05, 4.69) is 4.18 Å². The maximum atomic E-state index is 14.6. The highest BCUT2D eigenvalue weighted by Crippen LogP contribution is 2.27. The molecule has 2 aromatic carbocycles. The highest BCUT2D eigenvalue weighted by molar-refractivity contribution is 7.85. The van der Waals surface area contributed by atoms with Gasteiger partial charge < -0.3 is 14.6 Å². The summed E-state index contributed by atoms with van der Waals surface area (Å²) in [7, 11) is -4.25. The largest absolute Gasteiger partial charge is 0.459 e. The van der Waals surface area contributed by atoms with Crippen LogP contribution in [0.1, 0.15) is 20.7 Å². The highest BCUT2D eigenvalue weighted by Gasteiger charge is 2.48. The molecule has 0 radical (unpaired) electrons. The van der Waals surface area contributed by atoms with E-state index in [1.807, 2.05) is 0 Å². The summed E-state index contributed by atoms with van der Waals surface area (Å²) in [5, 5.41) is 10.2. The summed E-state index contributed by atoms with van der Waals surface area (Å²) in [6, 6.07) is 14.7. The van der Waals surface area contributed by atoms with Crippen molar-refractivity contribution in [1.82, 2.24) is 0 Å². The Morgan fingerprint density at radius 2 is 1.45 bits per heavy atom. The number of aliphatic hydroxyl groups is 1. The number of esters is 2. The van der Waals surface area contributed by atoms with E-state index in [1.54, 1.807) is 24.3 Å². The average molecular weight is 458 g/mol. The first-order chi connectivity index (χ1) is 14.5. The van der Waals surface area contributed by atoms with E-state index in [0.717, 1.165) is 0 Å². The van der Waals surface area contributed by atoms with Crippen molar-refractivity contribution in [1.29, 1.82) is 0 Å². The molecule has 2 rings (SSSR count). The zero-order valence-electron chi connectivity index (χ0n) is 16.3. The van der Waals surface area contributed by atoms with E-state index in [9.17, 15) is 31.9 Å². The van der Waals surface area contributed by atoms with Crippen molar-refractivity contribution in [2.24, 2.45) is 0 Å². The average Bonchev–Trinajstić information content (AvgIpc) is 2.74. The number of hydrogen-bond donors (Lipinski definition) is 1. The van der Waals surface area contributed by atoms with Crippen molar-refractivity contribution in [3.63, 3.8) is 0 Å². The lowest BCUT2D eigenvalue weighted by molar-refractivity contribution is -0.175.